The SMILES string of the molecule is CNCCNC(=O)Cc1ccccn1. The number of hydrogen-bond acceptors (Lipinski definition) is 3. The first-order valence-corrected chi connectivity index (χ1v) is 4.64. The molecule has 4 heteroatoms. The quantitative estimate of drug-likeness (QED) is 0.645. The van der Waals surface area contributed by atoms with E-state index in [4.69, 9.17) is 0 Å². The van der Waals surface area contributed by atoms with Crippen LogP contribution in [-0.4, -0.2) is 31.0 Å². The molecule has 0 aliphatic rings. The zero-order valence-electron chi connectivity index (χ0n) is 8.29. The van der Waals surface area contributed by atoms with Crippen molar-refractivity contribution in [3.63, 3.8) is 0 Å². The van der Waals surface area contributed by atoms with E-state index in [9.17, 15) is 4.79 Å². The van der Waals surface area contributed by atoms with E-state index in [1.54, 1.807) is 6.20 Å². The average molecular weight is 193 g/mol. The highest BCUT2D eigenvalue weighted by molar-refractivity contribution is 5.78. The third kappa shape index (κ3) is 4.00. The Kier molecular flexibility index (Phi) is 4.64. The van der Waals surface area contributed by atoms with Crippen molar-refractivity contribution in [3.05, 3.63) is 30.1 Å². The van der Waals surface area contributed by atoms with E-state index in [0.717, 1.165) is 12.2 Å². The molecule has 1 amide bonds. The third-order valence-corrected chi connectivity index (χ3v) is 1.76. The summed E-state index contributed by atoms with van der Waals surface area (Å²) < 4.78 is 0. The van der Waals surface area contributed by atoms with Crippen molar-refractivity contribution < 1.29 is 4.79 Å². The molecule has 0 aromatic carbocycles. The zero-order valence-corrected chi connectivity index (χ0v) is 8.29. The van der Waals surface area contributed by atoms with Gasteiger partial charge in [0.05, 0.1) is 6.42 Å². The van der Waals surface area contributed by atoms with Gasteiger partial charge in [-0.2, -0.15) is 0 Å². The van der Waals surface area contributed by atoms with Crippen LogP contribution in [0.15, 0.2) is 24.4 Å². The van der Waals surface area contributed by atoms with Crippen LogP contribution in [0.4, 0.5) is 0 Å². The lowest BCUT2D eigenvalue weighted by Crippen LogP contribution is -2.31. The number of carbonyl (C=O) groups is 1. The van der Waals surface area contributed by atoms with Gasteiger partial charge in [0.25, 0.3) is 0 Å². The maximum absolute atomic E-state index is 11.3. The van der Waals surface area contributed by atoms with Crippen molar-refractivity contribution >= 4 is 5.91 Å². The van der Waals surface area contributed by atoms with Gasteiger partial charge in [-0.15, -0.1) is 0 Å². The lowest BCUT2D eigenvalue weighted by Gasteiger charge is -2.03. The summed E-state index contributed by atoms with van der Waals surface area (Å²) >= 11 is 0. The topological polar surface area (TPSA) is 54.0 Å². The number of rotatable bonds is 5. The van der Waals surface area contributed by atoms with Crippen molar-refractivity contribution in [2.75, 3.05) is 20.1 Å². The number of pyridine rings is 1. The Morgan fingerprint density at radius 1 is 1.43 bits per heavy atom. The molecule has 0 aliphatic carbocycles. The third-order valence-electron chi connectivity index (χ3n) is 1.76. The van der Waals surface area contributed by atoms with Crippen LogP contribution in [0.2, 0.25) is 0 Å². The van der Waals surface area contributed by atoms with Gasteiger partial charge < -0.3 is 10.6 Å². The predicted molar refractivity (Wildman–Crippen MR) is 54.9 cm³/mol. The van der Waals surface area contributed by atoms with Gasteiger partial charge in [0, 0.05) is 25.0 Å². The smallest absolute Gasteiger partial charge is 0.226 e. The maximum atomic E-state index is 11.3. The first kappa shape index (κ1) is 10.7. The van der Waals surface area contributed by atoms with Gasteiger partial charge >= 0.3 is 0 Å². The first-order valence-electron chi connectivity index (χ1n) is 4.64. The largest absolute Gasteiger partial charge is 0.354 e. The highest BCUT2D eigenvalue weighted by Crippen LogP contribution is 1.93. The van der Waals surface area contributed by atoms with E-state index in [0.29, 0.717) is 13.0 Å². The van der Waals surface area contributed by atoms with Crippen molar-refractivity contribution in [2.24, 2.45) is 0 Å². The van der Waals surface area contributed by atoms with Gasteiger partial charge in [0.1, 0.15) is 0 Å². The molecule has 76 valence electrons. The summed E-state index contributed by atoms with van der Waals surface area (Å²) in [5.41, 5.74) is 0.800. The molecular formula is C10H15N3O. The molecule has 0 spiro atoms. The number of hydrogen-bond donors (Lipinski definition) is 2. The number of aromatic nitrogens is 1. The van der Waals surface area contributed by atoms with Gasteiger partial charge in [-0.1, -0.05) is 6.07 Å². The molecule has 2 N–H and O–H groups in total. The molecule has 4 nitrogen and oxygen atoms in total. The second-order valence-corrected chi connectivity index (χ2v) is 2.95. The van der Waals surface area contributed by atoms with Crippen molar-refractivity contribution in [1.82, 2.24) is 15.6 Å². The molecule has 1 heterocycles. The summed E-state index contributed by atoms with van der Waals surface area (Å²) in [5.74, 6) is 0.0129. The van der Waals surface area contributed by atoms with E-state index >= 15 is 0 Å². The van der Waals surface area contributed by atoms with Crippen LogP contribution in [0.5, 0.6) is 0 Å². The number of nitrogens with zero attached hydrogens (tertiary/aromatic N) is 1. The van der Waals surface area contributed by atoms with Crippen LogP contribution in [0.25, 0.3) is 0 Å². The number of carbonyl (C=O) groups excluding carboxylic acids is 1. The molecule has 0 saturated heterocycles. The molecule has 1 aromatic heterocycles. The zero-order chi connectivity index (χ0) is 10.2. The van der Waals surface area contributed by atoms with Crippen molar-refractivity contribution in [3.8, 4) is 0 Å². The van der Waals surface area contributed by atoms with Crippen LogP contribution in [-0.2, 0) is 11.2 Å². The molecule has 0 fully saturated rings. The van der Waals surface area contributed by atoms with E-state index in [2.05, 4.69) is 15.6 Å². The van der Waals surface area contributed by atoms with Gasteiger partial charge in [-0.3, -0.25) is 9.78 Å². The summed E-state index contributed by atoms with van der Waals surface area (Å²) in [6.07, 6.45) is 2.04. The second-order valence-electron chi connectivity index (χ2n) is 2.95. The Balaban J connectivity index is 2.27. The minimum absolute atomic E-state index is 0.0129. The molecule has 14 heavy (non-hydrogen) atoms. The highest BCUT2D eigenvalue weighted by atomic mass is 16.1. The molecule has 1 aromatic rings. The fraction of sp³-hybridized carbons (Fsp3) is 0.400. The van der Waals surface area contributed by atoms with Crippen LogP contribution in [0, 0.1) is 0 Å². The normalized spacial score (nSPS) is 9.79. The molecule has 0 aliphatic heterocycles. The van der Waals surface area contributed by atoms with E-state index in [1.165, 1.54) is 0 Å². The van der Waals surface area contributed by atoms with Crippen LogP contribution < -0.4 is 10.6 Å². The van der Waals surface area contributed by atoms with E-state index in [-0.39, 0.29) is 5.91 Å². The van der Waals surface area contributed by atoms with E-state index < -0.39 is 0 Å². The molecular weight excluding hydrogens is 178 g/mol. The van der Waals surface area contributed by atoms with Crippen LogP contribution in [0.1, 0.15) is 5.69 Å². The molecule has 0 atom stereocenters. The van der Waals surface area contributed by atoms with Crippen LogP contribution in [0.3, 0.4) is 0 Å². The summed E-state index contributed by atoms with van der Waals surface area (Å²) in [6.45, 7) is 1.44. The van der Waals surface area contributed by atoms with Gasteiger partial charge in [-0.25, -0.2) is 0 Å². The Morgan fingerprint density at radius 2 is 2.29 bits per heavy atom. The number of nitrogens with one attached hydrogen (secondary N) is 2. The lowest BCUT2D eigenvalue weighted by atomic mass is 10.2. The van der Waals surface area contributed by atoms with E-state index in [1.807, 2.05) is 25.2 Å². The highest BCUT2D eigenvalue weighted by Gasteiger charge is 2.01. The Hall–Kier alpha value is -1.42. The summed E-state index contributed by atoms with van der Waals surface area (Å²) in [7, 11) is 1.85. The predicted octanol–water partition coefficient (Wildman–Crippen LogP) is -0.0403. The minimum Gasteiger partial charge on any atom is -0.354 e. The Morgan fingerprint density at radius 3 is 2.93 bits per heavy atom. The monoisotopic (exact) mass is 193 g/mol. The Bertz CT molecular complexity index is 274. The first-order chi connectivity index (χ1) is 6.83. The number of likely N-dealkylation sites (N-methyl/N-ethyl adjacent to an activating group) is 1. The van der Waals surface area contributed by atoms with Gasteiger partial charge in [0.15, 0.2) is 0 Å². The summed E-state index contributed by atoms with van der Waals surface area (Å²) in [5, 5.41) is 5.75. The van der Waals surface area contributed by atoms with Gasteiger partial charge in [0.2, 0.25) is 5.91 Å². The molecule has 0 bridgehead atoms. The molecule has 0 unspecified atom stereocenters. The number of amides is 1. The van der Waals surface area contributed by atoms with Crippen LogP contribution >= 0.6 is 0 Å². The minimum atomic E-state index is 0.0129. The molecule has 0 saturated carbocycles. The maximum Gasteiger partial charge on any atom is 0.226 e. The fourth-order valence-corrected chi connectivity index (χ4v) is 1.06. The summed E-state index contributed by atoms with van der Waals surface area (Å²) in [4.78, 5) is 15.4. The van der Waals surface area contributed by atoms with Crippen molar-refractivity contribution in [2.45, 2.75) is 6.42 Å². The fourth-order valence-electron chi connectivity index (χ4n) is 1.06. The van der Waals surface area contributed by atoms with Gasteiger partial charge in [-0.05, 0) is 19.2 Å². The average Bonchev–Trinajstić information content (AvgIpc) is 2.20. The summed E-state index contributed by atoms with van der Waals surface area (Å²) in [6, 6.07) is 5.56. The molecule has 1 rings (SSSR count). The second kappa shape index (κ2) is 6.10. The Labute approximate surface area is 83.7 Å². The standard InChI is InChI=1S/C10H15N3O/c1-11-6-7-13-10(14)8-9-4-2-3-5-12-9/h2-5,11H,6-8H2,1H3,(H,13,14). The lowest BCUT2D eigenvalue weighted by molar-refractivity contribution is -0.120. The van der Waals surface area contributed by atoms with Crippen molar-refractivity contribution in [1.29, 1.82) is 0 Å². The molecule has 0 radical (unpaired) electrons.